The van der Waals surface area contributed by atoms with Gasteiger partial charge in [-0.25, -0.2) is 4.39 Å². The summed E-state index contributed by atoms with van der Waals surface area (Å²) in [5.74, 6) is -0.453. The van der Waals surface area contributed by atoms with Crippen LogP contribution in [0.1, 0.15) is 17.2 Å². The molecular weight excluding hydrogens is 233 g/mol. The minimum atomic E-state index is -1.07. The molecule has 0 amide bonds. The average Bonchev–Trinajstić information content (AvgIpc) is 2.38. The first-order valence-electron chi connectivity index (χ1n) is 5.49. The zero-order chi connectivity index (χ0) is 13.1. The average molecular weight is 247 g/mol. The molecule has 1 atom stereocenters. The smallest absolute Gasteiger partial charge is 0.171 e. The molecule has 0 fully saturated rings. The third kappa shape index (κ3) is 2.28. The second-order valence-electron chi connectivity index (χ2n) is 3.94. The monoisotopic (exact) mass is 247 g/mol. The first kappa shape index (κ1) is 12.4. The van der Waals surface area contributed by atoms with E-state index in [0.717, 1.165) is 0 Å². The largest absolute Gasteiger partial charge is 0.494 e. The lowest BCUT2D eigenvalue weighted by molar-refractivity contribution is 0.213. The van der Waals surface area contributed by atoms with Crippen LogP contribution in [0.3, 0.4) is 0 Å². The van der Waals surface area contributed by atoms with Gasteiger partial charge in [0.15, 0.2) is 11.6 Å². The summed E-state index contributed by atoms with van der Waals surface area (Å²) in [5, 5.41) is 10.2. The maximum Gasteiger partial charge on any atom is 0.171 e. The van der Waals surface area contributed by atoms with Gasteiger partial charge in [-0.3, -0.25) is 0 Å². The Balaban J connectivity index is 2.43. The van der Waals surface area contributed by atoms with Crippen LogP contribution < -0.4 is 10.5 Å². The molecule has 0 spiro atoms. The number of nitrogens with two attached hydrogens (primary N) is 1. The number of methoxy groups -OCH3 is 1. The van der Waals surface area contributed by atoms with Crippen molar-refractivity contribution < 1.29 is 14.2 Å². The molecule has 2 rings (SSSR count). The van der Waals surface area contributed by atoms with Crippen LogP contribution in [0.25, 0.3) is 0 Å². The molecule has 0 aliphatic carbocycles. The van der Waals surface area contributed by atoms with Crippen LogP contribution in [0, 0.1) is 5.82 Å². The number of ether oxygens (including phenoxy) is 1. The van der Waals surface area contributed by atoms with Crippen LogP contribution in [0.5, 0.6) is 5.75 Å². The highest BCUT2D eigenvalue weighted by Gasteiger charge is 2.17. The van der Waals surface area contributed by atoms with Crippen LogP contribution in [-0.2, 0) is 0 Å². The molecule has 0 saturated heterocycles. The van der Waals surface area contributed by atoms with E-state index in [2.05, 4.69) is 0 Å². The summed E-state index contributed by atoms with van der Waals surface area (Å²) in [5.41, 5.74) is 6.87. The van der Waals surface area contributed by atoms with Crippen molar-refractivity contribution in [2.45, 2.75) is 6.10 Å². The molecule has 0 aromatic heterocycles. The van der Waals surface area contributed by atoms with Crippen LogP contribution in [0.15, 0.2) is 42.5 Å². The van der Waals surface area contributed by atoms with Gasteiger partial charge < -0.3 is 15.6 Å². The maximum absolute atomic E-state index is 14.0. The standard InChI is InChI=1S/C14H14FNO2/c1-18-12-7-3-6-11(13(12)15)14(17)9-4-2-5-10(16)8-9/h2-8,14,17H,16H2,1H3. The fraction of sp³-hybridized carbons (Fsp3) is 0.143. The molecule has 0 heterocycles. The molecule has 0 aliphatic rings. The van der Waals surface area contributed by atoms with Gasteiger partial charge in [0.25, 0.3) is 0 Å². The second-order valence-corrected chi connectivity index (χ2v) is 3.94. The van der Waals surface area contributed by atoms with Crippen LogP contribution in [-0.4, -0.2) is 12.2 Å². The molecule has 0 saturated carbocycles. The molecule has 4 heteroatoms. The third-order valence-corrected chi connectivity index (χ3v) is 2.73. The van der Waals surface area contributed by atoms with Gasteiger partial charge in [-0.05, 0) is 23.8 Å². The number of aliphatic hydroxyl groups excluding tert-OH is 1. The number of hydrogen-bond acceptors (Lipinski definition) is 3. The van der Waals surface area contributed by atoms with E-state index in [4.69, 9.17) is 10.5 Å². The lowest BCUT2D eigenvalue weighted by Gasteiger charge is -2.14. The highest BCUT2D eigenvalue weighted by Crippen LogP contribution is 2.29. The van der Waals surface area contributed by atoms with E-state index in [0.29, 0.717) is 11.3 Å². The Bertz CT molecular complexity index is 557. The van der Waals surface area contributed by atoms with Gasteiger partial charge in [0.05, 0.1) is 7.11 Å². The number of hydrogen-bond donors (Lipinski definition) is 2. The molecule has 3 nitrogen and oxygen atoms in total. The SMILES string of the molecule is COc1cccc(C(O)c2cccc(N)c2)c1F. The van der Waals surface area contributed by atoms with E-state index in [1.807, 2.05) is 0 Å². The summed E-state index contributed by atoms with van der Waals surface area (Å²) < 4.78 is 18.9. The van der Waals surface area contributed by atoms with E-state index in [1.165, 1.54) is 19.2 Å². The number of nitrogen functional groups attached to an aromatic ring is 1. The van der Waals surface area contributed by atoms with Crippen molar-refractivity contribution in [1.29, 1.82) is 0 Å². The van der Waals surface area contributed by atoms with Gasteiger partial charge in [0.1, 0.15) is 6.10 Å². The molecule has 2 aromatic rings. The predicted octanol–water partition coefficient (Wildman–Crippen LogP) is 2.50. The van der Waals surface area contributed by atoms with Crippen molar-refractivity contribution in [2.24, 2.45) is 0 Å². The van der Waals surface area contributed by atoms with Crippen LogP contribution >= 0.6 is 0 Å². The van der Waals surface area contributed by atoms with Gasteiger partial charge in [-0.15, -0.1) is 0 Å². The van der Waals surface area contributed by atoms with Gasteiger partial charge in [0, 0.05) is 11.3 Å². The van der Waals surface area contributed by atoms with Crippen LogP contribution in [0.2, 0.25) is 0 Å². The highest BCUT2D eigenvalue weighted by atomic mass is 19.1. The van der Waals surface area contributed by atoms with Gasteiger partial charge in [-0.1, -0.05) is 24.3 Å². The molecule has 0 aliphatic heterocycles. The summed E-state index contributed by atoms with van der Waals surface area (Å²) >= 11 is 0. The van der Waals surface area contributed by atoms with Crippen LogP contribution in [0.4, 0.5) is 10.1 Å². The number of rotatable bonds is 3. The zero-order valence-corrected chi connectivity index (χ0v) is 9.93. The van der Waals surface area contributed by atoms with E-state index >= 15 is 0 Å². The molecule has 94 valence electrons. The molecule has 0 bridgehead atoms. The summed E-state index contributed by atoms with van der Waals surface area (Å²) in [6, 6.07) is 11.4. The number of anilines is 1. The van der Waals surface area contributed by atoms with Crippen molar-refractivity contribution >= 4 is 5.69 Å². The minimum Gasteiger partial charge on any atom is -0.494 e. The van der Waals surface area contributed by atoms with Gasteiger partial charge in [0.2, 0.25) is 0 Å². The summed E-state index contributed by atoms with van der Waals surface area (Å²) in [4.78, 5) is 0. The Labute approximate surface area is 105 Å². The molecule has 3 N–H and O–H groups in total. The van der Waals surface area contributed by atoms with E-state index in [-0.39, 0.29) is 11.3 Å². The molecule has 18 heavy (non-hydrogen) atoms. The Kier molecular flexibility index (Phi) is 3.48. The number of benzene rings is 2. The highest BCUT2D eigenvalue weighted by molar-refractivity contribution is 5.44. The number of aliphatic hydroxyl groups is 1. The van der Waals surface area contributed by atoms with Crippen molar-refractivity contribution in [3.05, 3.63) is 59.4 Å². The molecule has 0 radical (unpaired) electrons. The van der Waals surface area contributed by atoms with Crippen molar-refractivity contribution in [1.82, 2.24) is 0 Å². The predicted molar refractivity (Wildman–Crippen MR) is 67.9 cm³/mol. The fourth-order valence-electron chi connectivity index (χ4n) is 1.81. The van der Waals surface area contributed by atoms with Crippen molar-refractivity contribution in [3.8, 4) is 5.75 Å². The van der Waals surface area contributed by atoms with E-state index < -0.39 is 11.9 Å². The zero-order valence-electron chi connectivity index (χ0n) is 9.93. The quantitative estimate of drug-likeness (QED) is 0.819. The summed E-state index contributed by atoms with van der Waals surface area (Å²) in [7, 11) is 1.38. The summed E-state index contributed by atoms with van der Waals surface area (Å²) in [6.07, 6.45) is -1.07. The Hall–Kier alpha value is -2.07. The van der Waals surface area contributed by atoms with Gasteiger partial charge in [-0.2, -0.15) is 0 Å². The van der Waals surface area contributed by atoms with Gasteiger partial charge >= 0.3 is 0 Å². The molecule has 1 unspecified atom stereocenters. The second kappa shape index (κ2) is 5.06. The summed E-state index contributed by atoms with van der Waals surface area (Å²) in [6.45, 7) is 0. The minimum absolute atomic E-state index is 0.107. The topological polar surface area (TPSA) is 55.5 Å². The lowest BCUT2D eigenvalue weighted by Crippen LogP contribution is -2.04. The molecule has 2 aromatic carbocycles. The number of halogens is 1. The molecular formula is C14H14FNO2. The first-order chi connectivity index (χ1) is 8.63. The maximum atomic E-state index is 14.0. The fourth-order valence-corrected chi connectivity index (χ4v) is 1.81. The van der Waals surface area contributed by atoms with E-state index in [1.54, 1.807) is 30.3 Å². The first-order valence-corrected chi connectivity index (χ1v) is 5.49. The van der Waals surface area contributed by atoms with Crippen molar-refractivity contribution in [2.75, 3.05) is 12.8 Å². The Morgan fingerprint density at radius 3 is 2.61 bits per heavy atom. The van der Waals surface area contributed by atoms with Crippen molar-refractivity contribution in [3.63, 3.8) is 0 Å². The lowest BCUT2D eigenvalue weighted by atomic mass is 10.0. The van der Waals surface area contributed by atoms with E-state index in [9.17, 15) is 9.50 Å². The Morgan fingerprint density at radius 1 is 1.22 bits per heavy atom. The third-order valence-electron chi connectivity index (χ3n) is 2.73. The normalized spacial score (nSPS) is 12.2. The Morgan fingerprint density at radius 2 is 1.94 bits per heavy atom.